The van der Waals surface area contributed by atoms with Crippen molar-refractivity contribution in [3.63, 3.8) is 0 Å². The van der Waals surface area contributed by atoms with Crippen LogP contribution in [0.3, 0.4) is 0 Å². The van der Waals surface area contributed by atoms with E-state index in [1.54, 1.807) is 42.5 Å². The standard InChI is InChI=1S/C22H18Cl2N2O3/c1-14(21(27)26-18-12-15(23)11-16(24)13-18)29-22(28)19-9-5-6-10-20(19)25-17-7-3-2-4-8-17/h2-14,25H,1H3,(H,26,27)/t14-/m0/s1. The van der Waals surface area contributed by atoms with Crippen molar-refractivity contribution < 1.29 is 14.3 Å². The highest BCUT2D eigenvalue weighted by atomic mass is 35.5. The Kier molecular flexibility index (Phi) is 6.75. The highest BCUT2D eigenvalue weighted by Crippen LogP contribution is 2.24. The molecule has 148 valence electrons. The van der Waals surface area contributed by atoms with Crippen LogP contribution in [-0.4, -0.2) is 18.0 Å². The maximum Gasteiger partial charge on any atom is 0.341 e. The number of para-hydroxylation sites is 2. The number of halogens is 2. The number of nitrogens with one attached hydrogen (secondary N) is 2. The predicted molar refractivity (Wildman–Crippen MR) is 116 cm³/mol. The maximum absolute atomic E-state index is 12.6. The molecule has 3 rings (SSSR count). The first-order valence-electron chi connectivity index (χ1n) is 8.81. The molecule has 0 heterocycles. The van der Waals surface area contributed by atoms with Gasteiger partial charge in [0, 0.05) is 21.4 Å². The van der Waals surface area contributed by atoms with Gasteiger partial charge in [-0.2, -0.15) is 0 Å². The molecule has 0 radical (unpaired) electrons. The molecule has 0 aliphatic rings. The van der Waals surface area contributed by atoms with Crippen molar-refractivity contribution in [1.82, 2.24) is 0 Å². The van der Waals surface area contributed by atoms with Gasteiger partial charge in [-0.15, -0.1) is 0 Å². The van der Waals surface area contributed by atoms with Gasteiger partial charge in [-0.05, 0) is 49.4 Å². The molecule has 0 aromatic heterocycles. The zero-order valence-electron chi connectivity index (χ0n) is 15.5. The van der Waals surface area contributed by atoms with E-state index < -0.39 is 18.0 Å². The zero-order valence-corrected chi connectivity index (χ0v) is 17.0. The van der Waals surface area contributed by atoms with Crippen LogP contribution in [0.4, 0.5) is 17.1 Å². The Morgan fingerprint density at radius 1 is 0.862 bits per heavy atom. The van der Waals surface area contributed by atoms with Gasteiger partial charge in [0.05, 0.1) is 11.3 Å². The van der Waals surface area contributed by atoms with E-state index >= 15 is 0 Å². The monoisotopic (exact) mass is 428 g/mol. The molecular formula is C22H18Cl2N2O3. The minimum absolute atomic E-state index is 0.321. The van der Waals surface area contributed by atoms with E-state index in [0.29, 0.717) is 27.0 Å². The van der Waals surface area contributed by atoms with Crippen molar-refractivity contribution in [2.75, 3.05) is 10.6 Å². The van der Waals surface area contributed by atoms with Crippen LogP contribution in [0.15, 0.2) is 72.8 Å². The molecule has 0 saturated carbocycles. The summed E-state index contributed by atoms with van der Waals surface area (Å²) in [4.78, 5) is 25.0. The van der Waals surface area contributed by atoms with Gasteiger partial charge in [-0.1, -0.05) is 53.5 Å². The third-order valence-corrected chi connectivity index (χ3v) is 4.42. The lowest BCUT2D eigenvalue weighted by Crippen LogP contribution is -2.30. The Morgan fingerprint density at radius 2 is 1.48 bits per heavy atom. The topological polar surface area (TPSA) is 67.4 Å². The lowest BCUT2D eigenvalue weighted by Gasteiger charge is -2.16. The number of carbonyl (C=O) groups excluding carboxylic acids is 2. The third-order valence-electron chi connectivity index (χ3n) is 3.98. The van der Waals surface area contributed by atoms with Gasteiger partial charge in [-0.3, -0.25) is 4.79 Å². The summed E-state index contributed by atoms with van der Waals surface area (Å²) in [5.74, 6) is -1.11. The number of rotatable bonds is 6. The summed E-state index contributed by atoms with van der Waals surface area (Å²) in [7, 11) is 0. The smallest absolute Gasteiger partial charge is 0.341 e. The van der Waals surface area contributed by atoms with Crippen molar-refractivity contribution in [2.45, 2.75) is 13.0 Å². The Labute approximate surface area is 178 Å². The second-order valence-corrected chi connectivity index (χ2v) is 7.10. The fraction of sp³-hybridized carbons (Fsp3) is 0.0909. The first kappa shape index (κ1) is 20.7. The molecule has 0 bridgehead atoms. The maximum atomic E-state index is 12.6. The van der Waals surface area contributed by atoms with E-state index in [9.17, 15) is 9.59 Å². The average Bonchev–Trinajstić information content (AvgIpc) is 2.68. The van der Waals surface area contributed by atoms with Crippen LogP contribution >= 0.6 is 23.2 Å². The van der Waals surface area contributed by atoms with E-state index in [-0.39, 0.29) is 0 Å². The van der Waals surface area contributed by atoms with Gasteiger partial charge < -0.3 is 15.4 Å². The van der Waals surface area contributed by atoms with Crippen molar-refractivity contribution in [2.24, 2.45) is 0 Å². The van der Waals surface area contributed by atoms with Gasteiger partial charge in [0.1, 0.15) is 0 Å². The molecular weight excluding hydrogens is 411 g/mol. The SMILES string of the molecule is C[C@H](OC(=O)c1ccccc1Nc1ccccc1)C(=O)Nc1cc(Cl)cc(Cl)c1. The Hall–Kier alpha value is -3.02. The van der Waals surface area contributed by atoms with E-state index in [4.69, 9.17) is 27.9 Å². The number of esters is 1. The number of anilines is 3. The Morgan fingerprint density at radius 3 is 2.17 bits per heavy atom. The van der Waals surface area contributed by atoms with Crippen molar-refractivity contribution in [3.8, 4) is 0 Å². The summed E-state index contributed by atoms with van der Waals surface area (Å²) in [6.07, 6.45) is -1.02. The summed E-state index contributed by atoms with van der Waals surface area (Å²) in [5.41, 5.74) is 2.15. The Bertz CT molecular complexity index is 1010. The first-order chi connectivity index (χ1) is 13.9. The Balaban J connectivity index is 1.68. The van der Waals surface area contributed by atoms with Crippen molar-refractivity contribution in [3.05, 3.63) is 88.4 Å². The second kappa shape index (κ2) is 9.45. The molecule has 0 unspecified atom stereocenters. The second-order valence-electron chi connectivity index (χ2n) is 6.23. The summed E-state index contributed by atoms with van der Waals surface area (Å²) in [5, 5.41) is 6.59. The van der Waals surface area contributed by atoms with Crippen LogP contribution in [0.25, 0.3) is 0 Å². The van der Waals surface area contributed by atoms with E-state index in [2.05, 4.69) is 10.6 Å². The fourth-order valence-corrected chi connectivity index (χ4v) is 3.12. The lowest BCUT2D eigenvalue weighted by molar-refractivity contribution is -0.123. The molecule has 7 heteroatoms. The van der Waals surface area contributed by atoms with Crippen LogP contribution in [0, 0.1) is 0 Å². The molecule has 0 fully saturated rings. The lowest BCUT2D eigenvalue weighted by atomic mass is 10.1. The minimum atomic E-state index is -1.02. The quantitative estimate of drug-likeness (QED) is 0.478. The third kappa shape index (κ3) is 5.73. The highest BCUT2D eigenvalue weighted by Gasteiger charge is 2.21. The van der Waals surface area contributed by atoms with Crippen LogP contribution in [0.1, 0.15) is 17.3 Å². The molecule has 1 atom stereocenters. The summed E-state index contributed by atoms with van der Waals surface area (Å²) in [6.45, 7) is 1.49. The number of hydrogen-bond acceptors (Lipinski definition) is 4. The fourth-order valence-electron chi connectivity index (χ4n) is 2.59. The zero-order chi connectivity index (χ0) is 20.8. The number of hydrogen-bond donors (Lipinski definition) is 2. The normalized spacial score (nSPS) is 11.4. The van der Waals surface area contributed by atoms with Crippen LogP contribution < -0.4 is 10.6 Å². The van der Waals surface area contributed by atoms with E-state index in [1.165, 1.54) is 6.92 Å². The molecule has 5 nitrogen and oxygen atoms in total. The molecule has 29 heavy (non-hydrogen) atoms. The molecule has 3 aromatic carbocycles. The molecule has 0 saturated heterocycles. The molecule has 1 amide bonds. The summed E-state index contributed by atoms with van der Waals surface area (Å²) >= 11 is 11.9. The van der Waals surface area contributed by atoms with Gasteiger partial charge in [-0.25, -0.2) is 4.79 Å². The van der Waals surface area contributed by atoms with Crippen LogP contribution in [-0.2, 0) is 9.53 Å². The number of benzene rings is 3. The van der Waals surface area contributed by atoms with E-state index in [1.807, 2.05) is 30.3 Å². The molecule has 3 aromatic rings. The number of carbonyl (C=O) groups is 2. The molecule has 0 aliphatic carbocycles. The van der Waals surface area contributed by atoms with Gasteiger partial charge in [0.25, 0.3) is 5.91 Å². The minimum Gasteiger partial charge on any atom is -0.449 e. The van der Waals surface area contributed by atoms with Gasteiger partial charge in [0.15, 0.2) is 6.10 Å². The number of amides is 1. The largest absolute Gasteiger partial charge is 0.449 e. The predicted octanol–water partition coefficient (Wildman–Crippen LogP) is 5.92. The highest BCUT2D eigenvalue weighted by molar-refractivity contribution is 6.35. The number of ether oxygens (including phenoxy) is 1. The van der Waals surface area contributed by atoms with E-state index in [0.717, 1.165) is 5.69 Å². The van der Waals surface area contributed by atoms with Gasteiger partial charge in [0.2, 0.25) is 0 Å². The molecule has 0 aliphatic heterocycles. The van der Waals surface area contributed by atoms with Crippen LogP contribution in [0.2, 0.25) is 10.0 Å². The first-order valence-corrected chi connectivity index (χ1v) is 9.57. The summed E-state index contributed by atoms with van der Waals surface area (Å²) in [6, 6.07) is 21.0. The molecule has 2 N–H and O–H groups in total. The van der Waals surface area contributed by atoms with Crippen molar-refractivity contribution in [1.29, 1.82) is 0 Å². The van der Waals surface area contributed by atoms with Crippen molar-refractivity contribution >= 4 is 52.1 Å². The van der Waals surface area contributed by atoms with Crippen LogP contribution in [0.5, 0.6) is 0 Å². The average molecular weight is 429 g/mol. The molecule has 0 spiro atoms. The van der Waals surface area contributed by atoms with Gasteiger partial charge >= 0.3 is 5.97 Å². The summed E-state index contributed by atoms with van der Waals surface area (Å²) < 4.78 is 5.35.